The summed E-state index contributed by atoms with van der Waals surface area (Å²) in [5.41, 5.74) is 1.93. The largest absolute Gasteiger partial charge is 0.490 e. The van der Waals surface area contributed by atoms with Gasteiger partial charge in [0, 0.05) is 13.0 Å². The van der Waals surface area contributed by atoms with Crippen LogP contribution in [-0.4, -0.2) is 19.7 Å². The van der Waals surface area contributed by atoms with Gasteiger partial charge in [-0.3, -0.25) is 0 Å². The van der Waals surface area contributed by atoms with Gasteiger partial charge in [-0.15, -0.1) is 0 Å². The standard InChI is InChI=1S/C14H19NO/c1-15-10-14(6-7-14)9-12-8-11-4-2-3-5-13(11)16-12/h2-5,12,15H,6-10H2,1H3. The average molecular weight is 217 g/mol. The Bertz CT molecular complexity index is 359. The average Bonchev–Trinajstić information content (AvgIpc) is 2.91. The van der Waals surface area contributed by atoms with Crippen molar-refractivity contribution in [2.75, 3.05) is 13.6 Å². The smallest absolute Gasteiger partial charge is 0.123 e. The second-order valence-electron chi connectivity index (χ2n) is 5.29. The van der Waals surface area contributed by atoms with Gasteiger partial charge in [-0.1, -0.05) is 18.2 Å². The maximum Gasteiger partial charge on any atom is 0.123 e. The molecule has 0 amide bonds. The molecular weight excluding hydrogens is 198 g/mol. The normalized spacial score (nSPS) is 24.9. The van der Waals surface area contributed by atoms with Crippen LogP contribution in [0.25, 0.3) is 0 Å². The molecule has 2 aliphatic rings. The van der Waals surface area contributed by atoms with Gasteiger partial charge in [-0.05, 0) is 43.4 Å². The van der Waals surface area contributed by atoms with E-state index in [0.717, 1.165) is 18.7 Å². The van der Waals surface area contributed by atoms with Gasteiger partial charge in [0.05, 0.1) is 0 Å². The van der Waals surface area contributed by atoms with E-state index in [1.807, 2.05) is 7.05 Å². The third-order valence-electron chi connectivity index (χ3n) is 3.88. The molecule has 0 aromatic heterocycles. The second-order valence-corrected chi connectivity index (χ2v) is 5.29. The maximum atomic E-state index is 6.00. The molecule has 1 aliphatic heterocycles. The fourth-order valence-electron chi connectivity index (χ4n) is 2.86. The van der Waals surface area contributed by atoms with E-state index in [2.05, 4.69) is 29.6 Å². The van der Waals surface area contributed by atoms with Crippen molar-refractivity contribution in [3.63, 3.8) is 0 Å². The van der Waals surface area contributed by atoms with Gasteiger partial charge >= 0.3 is 0 Å². The molecule has 1 fully saturated rings. The first kappa shape index (κ1) is 10.2. The third kappa shape index (κ3) is 1.82. The molecule has 0 bridgehead atoms. The van der Waals surface area contributed by atoms with Crippen LogP contribution in [0.15, 0.2) is 24.3 Å². The lowest BCUT2D eigenvalue weighted by Gasteiger charge is -2.19. The Hall–Kier alpha value is -1.02. The lowest BCUT2D eigenvalue weighted by Crippen LogP contribution is -2.26. The van der Waals surface area contributed by atoms with Gasteiger partial charge in [-0.25, -0.2) is 0 Å². The molecule has 1 aromatic rings. The summed E-state index contributed by atoms with van der Waals surface area (Å²) in [5.74, 6) is 1.10. The minimum absolute atomic E-state index is 0.410. The van der Waals surface area contributed by atoms with Crippen LogP contribution in [0.2, 0.25) is 0 Å². The molecule has 2 nitrogen and oxygen atoms in total. The highest BCUT2D eigenvalue weighted by Crippen LogP contribution is 2.50. The number of hydrogen-bond acceptors (Lipinski definition) is 2. The van der Waals surface area contributed by atoms with Crippen LogP contribution in [0.4, 0.5) is 0 Å². The number of hydrogen-bond donors (Lipinski definition) is 1. The Balaban J connectivity index is 1.64. The number of nitrogens with one attached hydrogen (secondary N) is 1. The number of ether oxygens (including phenoxy) is 1. The summed E-state index contributed by atoms with van der Waals surface area (Å²) in [6.45, 7) is 1.14. The van der Waals surface area contributed by atoms with Crippen molar-refractivity contribution in [1.29, 1.82) is 0 Å². The summed E-state index contributed by atoms with van der Waals surface area (Å²) < 4.78 is 6.00. The first-order chi connectivity index (χ1) is 7.81. The van der Waals surface area contributed by atoms with Crippen molar-refractivity contribution >= 4 is 0 Å². The summed E-state index contributed by atoms with van der Waals surface area (Å²) in [5, 5.41) is 3.31. The second kappa shape index (κ2) is 3.77. The Morgan fingerprint density at radius 2 is 2.19 bits per heavy atom. The van der Waals surface area contributed by atoms with E-state index in [1.54, 1.807) is 0 Å². The van der Waals surface area contributed by atoms with Crippen molar-refractivity contribution in [2.45, 2.75) is 31.8 Å². The number of para-hydroxylation sites is 1. The Morgan fingerprint density at radius 1 is 1.38 bits per heavy atom. The summed E-state index contributed by atoms with van der Waals surface area (Å²) in [7, 11) is 2.05. The molecule has 1 aromatic carbocycles. The van der Waals surface area contributed by atoms with Gasteiger partial charge in [0.25, 0.3) is 0 Å². The van der Waals surface area contributed by atoms with E-state index in [4.69, 9.17) is 4.74 Å². The summed E-state index contributed by atoms with van der Waals surface area (Å²) in [4.78, 5) is 0. The zero-order chi connectivity index (χ0) is 11.0. The minimum Gasteiger partial charge on any atom is -0.490 e. The third-order valence-corrected chi connectivity index (χ3v) is 3.88. The van der Waals surface area contributed by atoms with E-state index >= 15 is 0 Å². The Kier molecular flexibility index (Phi) is 2.40. The van der Waals surface area contributed by atoms with Crippen molar-refractivity contribution in [1.82, 2.24) is 5.32 Å². The van der Waals surface area contributed by atoms with Gasteiger partial charge in [-0.2, -0.15) is 0 Å². The molecular formula is C14H19NO. The monoisotopic (exact) mass is 217 g/mol. The van der Waals surface area contributed by atoms with E-state index in [1.165, 1.54) is 24.8 Å². The Morgan fingerprint density at radius 3 is 2.88 bits per heavy atom. The van der Waals surface area contributed by atoms with Gasteiger partial charge in [0.2, 0.25) is 0 Å². The molecule has 1 unspecified atom stereocenters. The summed E-state index contributed by atoms with van der Waals surface area (Å²) >= 11 is 0. The van der Waals surface area contributed by atoms with Crippen LogP contribution in [0.5, 0.6) is 5.75 Å². The van der Waals surface area contributed by atoms with Crippen LogP contribution < -0.4 is 10.1 Å². The van der Waals surface area contributed by atoms with E-state index < -0.39 is 0 Å². The molecule has 16 heavy (non-hydrogen) atoms. The topological polar surface area (TPSA) is 21.3 Å². The summed E-state index contributed by atoms with van der Waals surface area (Å²) in [6, 6.07) is 8.44. The van der Waals surface area contributed by atoms with Crippen LogP contribution in [0.1, 0.15) is 24.8 Å². The van der Waals surface area contributed by atoms with Gasteiger partial charge < -0.3 is 10.1 Å². The molecule has 1 atom stereocenters. The van der Waals surface area contributed by atoms with Crippen molar-refractivity contribution < 1.29 is 4.74 Å². The fraction of sp³-hybridized carbons (Fsp3) is 0.571. The number of fused-ring (bicyclic) bond motifs is 1. The highest BCUT2D eigenvalue weighted by molar-refractivity contribution is 5.37. The molecule has 1 aliphatic carbocycles. The molecule has 0 saturated heterocycles. The van der Waals surface area contributed by atoms with Crippen LogP contribution in [0, 0.1) is 5.41 Å². The first-order valence-electron chi connectivity index (χ1n) is 6.20. The van der Waals surface area contributed by atoms with Gasteiger partial charge in [0.1, 0.15) is 11.9 Å². The summed E-state index contributed by atoms with van der Waals surface area (Å²) in [6.07, 6.45) is 5.45. The van der Waals surface area contributed by atoms with Crippen LogP contribution in [-0.2, 0) is 6.42 Å². The zero-order valence-electron chi connectivity index (χ0n) is 9.83. The zero-order valence-corrected chi connectivity index (χ0v) is 9.83. The SMILES string of the molecule is CNCC1(CC2Cc3ccccc3O2)CC1. The lowest BCUT2D eigenvalue weighted by atomic mass is 9.96. The number of benzene rings is 1. The minimum atomic E-state index is 0.410. The molecule has 0 radical (unpaired) electrons. The Labute approximate surface area is 97.0 Å². The molecule has 2 heteroatoms. The lowest BCUT2D eigenvalue weighted by molar-refractivity contribution is 0.185. The van der Waals surface area contributed by atoms with Crippen LogP contribution >= 0.6 is 0 Å². The van der Waals surface area contributed by atoms with Gasteiger partial charge in [0.15, 0.2) is 0 Å². The molecule has 1 N–H and O–H groups in total. The van der Waals surface area contributed by atoms with Crippen LogP contribution in [0.3, 0.4) is 0 Å². The van der Waals surface area contributed by atoms with Crippen molar-refractivity contribution in [3.8, 4) is 5.75 Å². The highest BCUT2D eigenvalue weighted by Gasteiger charge is 2.44. The van der Waals surface area contributed by atoms with Crippen molar-refractivity contribution in [2.24, 2.45) is 5.41 Å². The molecule has 1 heterocycles. The van der Waals surface area contributed by atoms with E-state index in [0.29, 0.717) is 11.5 Å². The quantitative estimate of drug-likeness (QED) is 0.836. The van der Waals surface area contributed by atoms with Crippen molar-refractivity contribution in [3.05, 3.63) is 29.8 Å². The predicted molar refractivity (Wildman–Crippen MR) is 64.8 cm³/mol. The molecule has 3 rings (SSSR count). The molecule has 86 valence electrons. The highest BCUT2D eigenvalue weighted by atomic mass is 16.5. The van der Waals surface area contributed by atoms with E-state index in [-0.39, 0.29) is 0 Å². The molecule has 1 saturated carbocycles. The predicted octanol–water partition coefficient (Wildman–Crippen LogP) is 2.38. The first-order valence-corrected chi connectivity index (χ1v) is 6.20. The fourth-order valence-corrected chi connectivity index (χ4v) is 2.86. The number of rotatable bonds is 4. The maximum absolute atomic E-state index is 6.00. The van der Waals surface area contributed by atoms with E-state index in [9.17, 15) is 0 Å². The molecule has 0 spiro atoms.